The van der Waals surface area contributed by atoms with Crippen molar-refractivity contribution in [2.24, 2.45) is 0 Å². The van der Waals surface area contributed by atoms with Gasteiger partial charge in [-0.25, -0.2) is 9.67 Å². The van der Waals surface area contributed by atoms with Crippen LogP contribution in [0.3, 0.4) is 0 Å². The first kappa shape index (κ1) is 18.9. The Balaban J connectivity index is 1.44. The first-order valence-electron chi connectivity index (χ1n) is 9.12. The molecule has 7 heteroatoms. The average Bonchev–Trinajstić information content (AvgIpc) is 3.38. The molecule has 2 aromatic heterocycles. The smallest absolute Gasteiger partial charge is 0.230 e. The Hall–Kier alpha value is -3.45. The Morgan fingerprint density at radius 1 is 1.21 bits per heavy atom. The standard InChI is InChI=1S/C22H20N4O2S/c1-15-8-9-20(28-2)18(10-15)19-14-29-22(24-19)25-21(27)11-16-12-23-26(13-16)17-6-4-3-5-7-17/h3-10,12-14H,11H2,1-2H3,(H,24,25,27). The monoisotopic (exact) mass is 404 g/mol. The van der Waals surface area contributed by atoms with E-state index in [9.17, 15) is 4.79 Å². The Bertz CT molecular complexity index is 1130. The number of hydrogen-bond donors (Lipinski definition) is 1. The van der Waals surface area contributed by atoms with Crippen LogP contribution in [-0.2, 0) is 11.2 Å². The highest BCUT2D eigenvalue weighted by molar-refractivity contribution is 7.14. The van der Waals surface area contributed by atoms with Gasteiger partial charge in [-0.3, -0.25) is 4.79 Å². The van der Waals surface area contributed by atoms with Gasteiger partial charge in [0.1, 0.15) is 5.75 Å². The highest BCUT2D eigenvalue weighted by Crippen LogP contribution is 2.33. The number of aromatic nitrogens is 3. The van der Waals surface area contributed by atoms with E-state index in [0.29, 0.717) is 5.13 Å². The van der Waals surface area contributed by atoms with E-state index in [1.807, 2.05) is 67.0 Å². The van der Waals surface area contributed by atoms with E-state index in [1.54, 1.807) is 18.0 Å². The zero-order chi connectivity index (χ0) is 20.2. The number of ether oxygens (including phenoxy) is 1. The third kappa shape index (κ3) is 4.35. The van der Waals surface area contributed by atoms with Crippen molar-refractivity contribution < 1.29 is 9.53 Å². The van der Waals surface area contributed by atoms with E-state index in [2.05, 4.69) is 15.4 Å². The Kier molecular flexibility index (Phi) is 5.39. The summed E-state index contributed by atoms with van der Waals surface area (Å²) in [5.74, 6) is 0.627. The summed E-state index contributed by atoms with van der Waals surface area (Å²) < 4.78 is 7.19. The molecule has 4 rings (SSSR count). The van der Waals surface area contributed by atoms with Gasteiger partial charge in [-0.05, 0) is 36.8 Å². The number of hydrogen-bond acceptors (Lipinski definition) is 5. The van der Waals surface area contributed by atoms with Crippen LogP contribution in [0.15, 0.2) is 66.3 Å². The predicted octanol–water partition coefficient (Wildman–Crippen LogP) is 4.49. The first-order chi connectivity index (χ1) is 14.1. The van der Waals surface area contributed by atoms with E-state index >= 15 is 0 Å². The number of methoxy groups -OCH3 is 1. The van der Waals surface area contributed by atoms with Gasteiger partial charge in [0.2, 0.25) is 5.91 Å². The van der Waals surface area contributed by atoms with Gasteiger partial charge in [-0.15, -0.1) is 11.3 Å². The molecule has 2 aromatic carbocycles. The number of amides is 1. The van der Waals surface area contributed by atoms with E-state index in [1.165, 1.54) is 11.3 Å². The number of carbonyl (C=O) groups is 1. The molecule has 0 radical (unpaired) electrons. The average molecular weight is 404 g/mol. The summed E-state index contributed by atoms with van der Waals surface area (Å²) >= 11 is 1.39. The molecule has 1 N–H and O–H groups in total. The molecule has 29 heavy (non-hydrogen) atoms. The van der Waals surface area contributed by atoms with Crippen molar-refractivity contribution in [2.45, 2.75) is 13.3 Å². The van der Waals surface area contributed by atoms with Crippen molar-refractivity contribution in [2.75, 3.05) is 12.4 Å². The van der Waals surface area contributed by atoms with Gasteiger partial charge in [-0.2, -0.15) is 5.10 Å². The molecule has 0 saturated heterocycles. The van der Waals surface area contributed by atoms with Gasteiger partial charge in [0.15, 0.2) is 5.13 Å². The summed E-state index contributed by atoms with van der Waals surface area (Å²) in [5, 5.41) is 9.68. The van der Waals surface area contributed by atoms with Crippen LogP contribution in [-0.4, -0.2) is 27.8 Å². The molecular weight excluding hydrogens is 384 g/mol. The number of nitrogens with zero attached hydrogens (tertiary/aromatic N) is 3. The van der Waals surface area contributed by atoms with Gasteiger partial charge in [0.05, 0.1) is 31.1 Å². The van der Waals surface area contributed by atoms with Crippen LogP contribution in [0.2, 0.25) is 0 Å². The summed E-state index contributed by atoms with van der Waals surface area (Å²) in [6.45, 7) is 2.02. The van der Waals surface area contributed by atoms with Crippen LogP contribution in [0.25, 0.3) is 16.9 Å². The van der Waals surface area contributed by atoms with E-state index in [4.69, 9.17) is 4.74 Å². The maximum absolute atomic E-state index is 12.4. The SMILES string of the molecule is COc1ccc(C)cc1-c1csc(NC(=O)Cc2cnn(-c3ccccc3)c2)n1. The van der Waals surface area contributed by atoms with Crippen molar-refractivity contribution >= 4 is 22.4 Å². The normalized spacial score (nSPS) is 10.7. The molecule has 0 bridgehead atoms. The van der Waals surface area contributed by atoms with Crippen molar-refractivity contribution in [1.29, 1.82) is 0 Å². The molecule has 1 amide bonds. The molecule has 0 spiro atoms. The van der Waals surface area contributed by atoms with Crippen LogP contribution >= 0.6 is 11.3 Å². The zero-order valence-electron chi connectivity index (χ0n) is 16.1. The second-order valence-electron chi connectivity index (χ2n) is 6.60. The number of carbonyl (C=O) groups excluding carboxylic acids is 1. The minimum Gasteiger partial charge on any atom is -0.496 e. The van der Waals surface area contributed by atoms with Crippen LogP contribution in [0.5, 0.6) is 5.75 Å². The molecule has 0 saturated carbocycles. The number of nitrogens with one attached hydrogen (secondary N) is 1. The summed E-state index contributed by atoms with van der Waals surface area (Å²) in [6, 6.07) is 15.7. The van der Waals surface area contributed by atoms with Gasteiger partial charge in [0.25, 0.3) is 0 Å². The summed E-state index contributed by atoms with van der Waals surface area (Å²) in [7, 11) is 1.64. The third-order valence-corrected chi connectivity index (χ3v) is 5.16. The topological polar surface area (TPSA) is 69.0 Å². The van der Waals surface area contributed by atoms with Crippen LogP contribution in [0.1, 0.15) is 11.1 Å². The molecule has 2 heterocycles. The van der Waals surface area contributed by atoms with Crippen molar-refractivity contribution in [3.63, 3.8) is 0 Å². The lowest BCUT2D eigenvalue weighted by Crippen LogP contribution is -2.13. The molecule has 146 valence electrons. The summed E-state index contributed by atoms with van der Waals surface area (Å²) in [4.78, 5) is 17.0. The van der Waals surface area contributed by atoms with Gasteiger partial charge < -0.3 is 10.1 Å². The zero-order valence-corrected chi connectivity index (χ0v) is 16.9. The maximum Gasteiger partial charge on any atom is 0.230 e. The molecule has 0 aliphatic rings. The quantitative estimate of drug-likeness (QED) is 0.514. The lowest BCUT2D eigenvalue weighted by molar-refractivity contribution is -0.115. The minimum atomic E-state index is -0.130. The third-order valence-electron chi connectivity index (χ3n) is 4.40. The summed E-state index contributed by atoms with van der Waals surface area (Å²) in [5.41, 5.74) is 4.60. The van der Waals surface area contributed by atoms with Crippen LogP contribution in [0.4, 0.5) is 5.13 Å². The fourth-order valence-electron chi connectivity index (χ4n) is 3.00. The van der Waals surface area contributed by atoms with E-state index < -0.39 is 0 Å². The molecule has 0 fully saturated rings. The van der Waals surface area contributed by atoms with E-state index in [0.717, 1.165) is 33.8 Å². The predicted molar refractivity (Wildman–Crippen MR) is 115 cm³/mol. The van der Waals surface area contributed by atoms with Crippen LogP contribution in [0, 0.1) is 6.92 Å². The molecule has 0 aliphatic heterocycles. The van der Waals surface area contributed by atoms with Crippen molar-refractivity contribution in [1.82, 2.24) is 14.8 Å². The fourth-order valence-corrected chi connectivity index (χ4v) is 3.73. The lowest BCUT2D eigenvalue weighted by Gasteiger charge is -2.07. The van der Waals surface area contributed by atoms with Gasteiger partial charge >= 0.3 is 0 Å². The second-order valence-corrected chi connectivity index (χ2v) is 7.45. The van der Waals surface area contributed by atoms with Crippen LogP contribution < -0.4 is 10.1 Å². The number of anilines is 1. The Morgan fingerprint density at radius 3 is 2.83 bits per heavy atom. The first-order valence-corrected chi connectivity index (χ1v) is 10.00. The number of aryl methyl sites for hydroxylation is 1. The fraction of sp³-hybridized carbons (Fsp3) is 0.136. The largest absolute Gasteiger partial charge is 0.496 e. The molecule has 6 nitrogen and oxygen atoms in total. The van der Waals surface area contributed by atoms with E-state index in [-0.39, 0.29) is 12.3 Å². The number of benzene rings is 2. The number of para-hydroxylation sites is 1. The van der Waals surface area contributed by atoms with Gasteiger partial charge in [-0.1, -0.05) is 29.8 Å². The molecule has 0 atom stereocenters. The van der Waals surface area contributed by atoms with Crippen molar-refractivity contribution in [3.8, 4) is 22.7 Å². The van der Waals surface area contributed by atoms with Crippen molar-refractivity contribution in [3.05, 3.63) is 77.4 Å². The summed E-state index contributed by atoms with van der Waals surface area (Å²) in [6.07, 6.45) is 3.80. The molecule has 4 aromatic rings. The highest BCUT2D eigenvalue weighted by Gasteiger charge is 2.13. The molecule has 0 unspecified atom stereocenters. The minimum absolute atomic E-state index is 0.130. The maximum atomic E-state index is 12.4. The van der Waals surface area contributed by atoms with Gasteiger partial charge in [0, 0.05) is 17.1 Å². The number of rotatable bonds is 6. The second kappa shape index (κ2) is 8.28. The lowest BCUT2D eigenvalue weighted by atomic mass is 10.1. The molecular formula is C22H20N4O2S. The Labute approximate surface area is 172 Å². The molecule has 0 aliphatic carbocycles. The number of thiazole rings is 1. The Morgan fingerprint density at radius 2 is 2.03 bits per heavy atom. The highest BCUT2D eigenvalue weighted by atomic mass is 32.1.